The molecular weight excluding hydrogens is 246 g/mol. The van der Waals surface area contributed by atoms with E-state index in [1.165, 1.54) is 0 Å². The van der Waals surface area contributed by atoms with Gasteiger partial charge in [-0.05, 0) is 32.0 Å². The normalized spacial score (nSPS) is 27.4. The standard InChI is InChI=1S/C11H14ClNO2S/c1-7-6-10(13-2)8-4-3-5-9(12)11(8)16(7,14)15/h3-5,7,10,13H,6H2,1-2H3. The van der Waals surface area contributed by atoms with E-state index in [1.54, 1.807) is 19.1 Å². The van der Waals surface area contributed by atoms with E-state index in [1.807, 2.05) is 13.1 Å². The Balaban J connectivity index is 2.73. The monoisotopic (exact) mass is 259 g/mol. The molecule has 1 N–H and O–H groups in total. The molecule has 0 bridgehead atoms. The molecule has 0 saturated carbocycles. The molecule has 0 fully saturated rings. The van der Waals surface area contributed by atoms with Crippen molar-refractivity contribution in [3.8, 4) is 0 Å². The number of halogens is 1. The fraction of sp³-hybridized carbons (Fsp3) is 0.455. The molecule has 0 aliphatic carbocycles. The van der Waals surface area contributed by atoms with E-state index in [2.05, 4.69) is 5.32 Å². The Morgan fingerprint density at radius 3 is 2.75 bits per heavy atom. The number of benzene rings is 1. The molecule has 2 unspecified atom stereocenters. The summed E-state index contributed by atoms with van der Waals surface area (Å²) >= 11 is 6.01. The summed E-state index contributed by atoms with van der Waals surface area (Å²) in [5.74, 6) is 0. The highest BCUT2D eigenvalue weighted by Gasteiger charge is 2.36. The van der Waals surface area contributed by atoms with E-state index >= 15 is 0 Å². The van der Waals surface area contributed by atoms with Gasteiger partial charge in [0, 0.05) is 6.04 Å². The van der Waals surface area contributed by atoms with Crippen molar-refractivity contribution in [1.82, 2.24) is 5.32 Å². The summed E-state index contributed by atoms with van der Waals surface area (Å²) in [5.41, 5.74) is 0.785. The zero-order valence-electron chi connectivity index (χ0n) is 9.20. The van der Waals surface area contributed by atoms with Crippen LogP contribution in [0.4, 0.5) is 0 Å². The zero-order chi connectivity index (χ0) is 11.9. The summed E-state index contributed by atoms with van der Waals surface area (Å²) in [4.78, 5) is 0.301. The van der Waals surface area contributed by atoms with Gasteiger partial charge in [-0.15, -0.1) is 0 Å². The van der Waals surface area contributed by atoms with Gasteiger partial charge in [-0.3, -0.25) is 0 Å². The topological polar surface area (TPSA) is 46.2 Å². The van der Waals surface area contributed by atoms with Crippen LogP contribution in [0.1, 0.15) is 24.9 Å². The second-order valence-corrected chi connectivity index (χ2v) is 6.80. The maximum absolute atomic E-state index is 12.2. The first-order chi connectivity index (χ1) is 7.48. The molecule has 0 aromatic heterocycles. The molecule has 0 spiro atoms. The molecule has 5 heteroatoms. The zero-order valence-corrected chi connectivity index (χ0v) is 10.8. The summed E-state index contributed by atoms with van der Waals surface area (Å²) in [6.45, 7) is 1.73. The maximum atomic E-state index is 12.2. The lowest BCUT2D eigenvalue weighted by molar-refractivity contribution is 0.494. The molecule has 1 heterocycles. The van der Waals surface area contributed by atoms with E-state index in [4.69, 9.17) is 11.6 Å². The van der Waals surface area contributed by atoms with Crippen LogP contribution in [0.2, 0.25) is 5.02 Å². The molecule has 2 rings (SSSR count). The van der Waals surface area contributed by atoms with Crippen molar-refractivity contribution in [1.29, 1.82) is 0 Å². The number of sulfone groups is 1. The molecule has 0 amide bonds. The lowest BCUT2D eigenvalue weighted by Crippen LogP contribution is -2.33. The van der Waals surface area contributed by atoms with Crippen molar-refractivity contribution in [2.75, 3.05) is 7.05 Å². The molecule has 16 heavy (non-hydrogen) atoms. The Morgan fingerprint density at radius 2 is 2.12 bits per heavy atom. The molecule has 1 aromatic carbocycles. The van der Waals surface area contributed by atoms with E-state index in [0.29, 0.717) is 16.3 Å². The number of nitrogens with one attached hydrogen (secondary N) is 1. The molecular formula is C11H14ClNO2S. The van der Waals surface area contributed by atoms with Crippen molar-refractivity contribution in [2.24, 2.45) is 0 Å². The average molecular weight is 260 g/mol. The summed E-state index contributed by atoms with van der Waals surface area (Å²) in [7, 11) is -1.43. The van der Waals surface area contributed by atoms with Crippen LogP contribution < -0.4 is 5.32 Å². The van der Waals surface area contributed by atoms with E-state index < -0.39 is 15.1 Å². The molecule has 1 aliphatic rings. The maximum Gasteiger partial charge on any atom is 0.182 e. The molecule has 0 saturated heterocycles. The van der Waals surface area contributed by atoms with Crippen molar-refractivity contribution in [3.05, 3.63) is 28.8 Å². The first-order valence-electron chi connectivity index (χ1n) is 5.18. The minimum Gasteiger partial charge on any atom is -0.313 e. The second-order valence-electron chi connectivity index (χ2n) is 4.09. The summed E-state index contributed by atoms with van der Waals surface area (Å²) in [6.07, 6.45) is 0.589. The van der Waals surface area contributed by atoms with Gasteiger partial charge in [0.05, 0.1) is 15.2 Å². The Morgan fingerprint density at radius 1 is 1.44 bits per heavy atom. The van der Waals surface area contributed by atoms with Crippen LogP contribution in [0.15, 0.2) is 23.1 Å². The smallest absolute Gasteiger partial charge is 0.182 e. The van der Waals surface area contributed by atoms with Gasteiger partial charge < -0.3 is 5.32 Å². The first kappa shape index (κ1) is 11.9. The van der Waals surface area contributed by atoms with Crippen LogP contribution in [0.3, 0.4) is 0 Å². The fourth-order valence-corrected chi connectivity index (χ4v) is 4.39. The van der Waals surface area contributed by atoms with Crippen molar-refractivity contribution in [3.63, 3.8) is 0 Å². The molecule has 3 nitrogen and oxygen atoms in total. The Hall–Kier alpha value is -0.580. The van der Waals surface area contributed by atoms with Gasteiger partial charge in [0.15, 0.2) is 9.84 Å². The molecule has 88 valence electrons. The second kappa shape index (κ2) is 4.02. The highest BCUT2D eigenvalue weighted by atomic mass is 35.5. The number of fused-ring (bicyclic) bond motifs is 1. The van der Waals surface area contributed by atoms with Crippen LogP contribution in [-0.2, 0) is 9.84 Å². The highest BCUT2D eigenvalue weighted by Crippen LogP contribution is 2.39. The van der Waals surface area contributed by atoms with Gasteiger partial charge in [-0.2, -0.15) is 0 Å². The predicted molar refractivity (Wildman–Crippen MR) is 64.5 cm³/mol. The van der Waals surface area contributed by atoms with Gasteiger partial charge in [-0.25, -0.2) is 8.42 Å². The van der Waals surface area contributed by atoms with Crippen LogP contribution in [-0.4, -0.2) is 20.7 Å². The lowest BCUT2D eigenvalue weighted by atomic mass is 10.0. The number of rotatable bonds is 1. The first-order valence-corrected chi connectivity index (χ1v) is 7.10. The molecule has 0 radical (unpaired) electrons. The molecule has 1 aromatic rings. The van der Waals surface area contributed by atoms with E-state index in [9.17, 15) is 8.42 Å². The SMILES string of the molecule is CNC1CC(C)S(=O)(=O)c2c(Cl)cccc21. The molecule has 2 atom stereocenters. The fourth-order valence-electron chi connectivity index (χ4n) is 2.16. The predicted octanol–water partition coefficient (Wildman–Crippen LogP) is 2.17. The van der Waals surface area contributed by atoms with Gasteiger partial charge in [0.1, 0.15) is 0 Å². The van der Waals surface area contributed by atoms with Gasteiger partial charge in [0.25, 0.3) is 0 Å². The Labute approximate surface area is 101 Å². The minimum absolute atomic E-state index is 0.0622. The van der Waals surface area contributed by atoms with Crippen molar-refractivity contribution < 1.29 is 8.42 Å². The van der Waals surface area contributed by atoms with Gasteiger partial charge in [0.2, 0.25) is 0 Å². The highest BCUT2D eigenvalue weighted by molar-refractivity contribution is 7.92. The van der Waals surface area contributed by atoms with Gasteiger partial charge >= 0.3 is 0 Å². The average Bonchev–Trinajstić information content (AvgIpc) is 2.23. The Kier molecular flexibility index (Phi) is 2.99. The third-order valence-electron chi connectivity index (χ3n) is 3.10. The van der Waals surface area contributed by atoms with Crippen LogP contribution in [0.25, 0.3) is 0 Å². The summed E-state index contributed by atoms with van der Waals surface area (Å²) in [5, 5.41) is 3.06. The molecule has 1 aliphatic heterocycles. The van der Waals surface area contributed by atoms with E-state index in [-0.39, 0.29) is 6.04 Å². The van der Waals surface area contributed by atoms with E-state index in [0.717, 1.165) is 5.56 Å². The third-order valence-corrected chi connectivity index (χ3v) is 5.81. The largest absolute Gasteiger partial charge is 0.313 e. The minimum atomic E-state index is -3.27. The quantitative estimate of drug-likeness (QED) is 0.841. The van der Waals surface area contributed by atoms with Crippen LogP contribution >= 0.6 is 11.6 Å². The van der Waals surface area contributed by atoms with Crippen LogP contribution in [0, 0.1) is 0 Å². The van der Waals surface area contributed by atoms with Gasteiger partial charge in [-0.1, -0.05) is 23.7 Å². The van der Waals surface area contributed by atoms with Crippen LogP contribution in [0.5, 0.6) is 0 Å². The Bertz CT molecular complexity index is 513. The summed E-state index contributed by atoms with van der Waals surface area (Å²) in [6, 6.07) is 5.30. The number of hydrogen-bond donors (Lipinski definition) is 1. The van der Waals surface area contributed by atoms with Crippen molar-refractivity contribution in [2.45, 2.75) is 29.5 Å². The number of hydrogen-bond acceptors (Lipinski definition) is 3. The third kappa shape index (κ3) is 1.65. The summed E-state index contributed by atoms with van der Waals surface area (Å²) < 4.78 is 24.3. The van der Waals surface area contributed by atoms with Crippen molar-refractivity contribution >= 4 is 21.4 Å². The lowest BCUT2D eigenvalue weighted by Gasteiger charge is -2.29.